The van der Waals surface area contributed by atoms with E-state index >= 15 is 0 Å². The van der Waals surface area contributed by atoms with Crippen molar-refractivity contribution in [2.75, 3.05) is 6.61 Å². The highest BCUT2D eigenvalue weighted by atomic mass is 16.5. The summed E-state index contributed by atoms with van der Waals surface area (Å²) >= 11 is 0. The average molecular weight is 255 g/mol. The van der Waals surface area contributed by atoms with Gasteiger partial charge in [0.2, 0.25) is 0 Å². The molecule has 1 aromatic heterocycles. The van der Waals surface area contributed by atoms with Gasteiger partial charge >= 0.3 is 0 Å². The van der Waals surface area contributed by atoms with E-state index in [2.05, 4.69) is 17.1 Å². The third kappa shape index (κ3) is 3.81. The summed E-state index contributed by atoms with van der Waals surface area (Å²) in [6.07, 6.45) is 5.08. The molecule has 4 nitrogen and oxygen atoms in total. The quantitative estimate of drug-likeness (QED) is 0.473. The third-order valence-corrected chi connectivity index (χ3v) is 2.78. The number of aryl methyl sites for hydroxylation is 1. The summed E-state index contributed by atoms with van der Waals surface area (Å²) in [5, 5.41) is 7.46. The number of nitrogen functional groups attached to an aromatic ring is 1. The second-order valence-corrected chi connectivity index (χ2v) is 4.22. The van der Waals surface area contributed by atoms with Crippen LogP contribution in [0.3, 0.4) is 0 Å². The molecule has 2 rings (SSSR count). The molecular formula is C15H17N3O. The molecule has 19 heavy (non-hydrogen) atoms. The predicted octanol–water partition coefficient (Wildman–Crippen LogP) is 2.38. The van der Waals surface area contributed by atoms with Gasteiger partial charge in [-0.2, -0.15) is 0 Å². The van der Waals surface area contributed by atoms with Gasteiger partial charge in [-0.1, -0.05) is 30.3 Å². The lowest BCUT2D eigenvalue weighted by Gasteiger charge is -2.09. The number of rotatable bonds is 6. The van der Waals surface area contributed by atoms with Gasteiger partial charge in [-0.05, 0) is 24.5 Å². The Balaban J connectivity index is 1.85. The van der Waals surface area contributed by atoms with Crippen LogP contribution in [0, 0.1) is 5.41 Å². The van der Waals surface area contributed by atoms with E-state index in [1.54, 1.807) is 18.5 Å². The van der Waals surface area contributed by atoms with E-state index in [4.69, 9.17) is 15.9 Å². The number of benzene rings is 1. The van der Waals surface area contributed by atoms with Crippen molar-refractivity contribution in [3.8, 4) is 5.75 Å². The normalized spacial score (nSPS) is 10.1. The molecular weight excluding hydrogens is 238 g/mol. The summed E-state index contributed by atoms with van der Waals surface area (Å²) in [6.45, 7) is 0.584. The summed E-state index contributed by atoms with van der Waals surface area (Å²) < 4.78 is 5.64. The van der Waals surface area contributed by atoms with Crippen LogP contribution in [0.25, 0.3) is 0 Å². The fourth-order valence-corrected chi connectivity index (χ4v) is 1.82. The summed E-state index contributed by atoms with van der Waals surface area (Å²) in [7, 11) is 0. The first-order valence-electron chi connectivity index (χ1n) is 6.22. The lowest BCUT2D eigenvalue weighted by atomic mass is 10.1. The molecule has 0 saturated carbocycles. The monoisotopic (exact) mass is 255 g/mol. The minimum atomic E-state index is 0.000425. The Bertz CT molecular complexity index is 540. The first-order valence-corrected chi connectivity index (χ1v) is 6.22. The molecule has 0 radical (unpaired) electrons. The first-order chi connectivity index (χ1) is 9.27. The fourth-order valence-electron chi connectivity index (χ4n) is 1.82. The maximum absolute atomic E-state index is 7.46. The van der Waals surface area contributed by atoms with Crippen LogP contribution < -0.4 is 10.5 Å². The molecule has 0 spiro atoms. The second-order valence-electron chi connectivity index (χ2n) is 4.22. The number of hydrogen-bond donors (Lipinski definition) is 2. The molecule has 0 saturated heterocycles. The maximum atomic E-state index is 7.46. The SMILES string of the molecule is N=C(N)c1ccncc1OCCCc1ccccc1. The van der Waals surface area contributed by atoms with Crippen LogP contribution in [0.15, 0.2) is 48.8 Å². The largest absolute Gasteiger partial charge is 0.491 e. The van der Waals surface area contributed by atoms with Crippen molar-refractivity contribution in [1.82, 2.24) is 4.98 Å². The third-order valence-electron chi connectivity index (χ3n) is 2.78. The highest BCUT2D eigenvalue weighted by Gasteiger charge is 2.05. The van der Waals surface area contributed by atoms with Crippen LogP contribution in [0.2, 0.25) is 0 Å². The molecule has 0 bridgehead atoms. The van der Waals surface area contributed by atoms with Crippen LogP contribution in [-0.4, -0.2) is 17.4 Å². The molecule has 1 heterocycles. The number of aromatic nitrogens is 1. The highest BCUT2D eigenvalue weighted by Crippen LogP contribution is 2.16. The summed E-state index contributed by atoms with van der Waals surface area (Å²) in [5.41, 5.74) is 7.37. The van der Waals surface area contributed by atoms with Crippen molar-refractivity contribution in [2.45, 2.75) is 12.8 Å². The van der Waals surface area contributed by atoms with Crippen LogP contribution in [0.5, 0.6) is 5.75 Å². The van der Waals surface area contributed by atoms with Gasteiger partial charge in [-0.25, -0.2) is 0 Å². The van der Waals surface area contributed by atoms with Crippen LogP contribution in [0.1, 0.15) is 17.5 Å². The molecule has 3 N–H and O–H groups in total. The summed E-state index contributed by atoms with van der Waals surface area (Å²) in [4.78, 5) is 3.99. The van der Waals surface area contributed by atoms with Gasteiger partial charge < -0.3 is 10.5 Å². The Kier molecular flexibility index (Phi) is 4.50. The van der Waals surface area contributed by atoms with Crippen LogP contribution >= 0.6 is 0 Å². The lowest BCUT2D eigenvalue weighted by molar-refractivity contribution is 0.309. The minimum absolute atomic E-state index is 0.000425. The number of ether oxygens (including phenoxy) is 1. The standard InChI is InChI=1S/C15H17N3O/c16-15(17)13-8-9-18-11-14(13)19-10-4-7-12-5-2-1-3-6-12/h1-3,5-6,8-9,11H,4,7,10H2,(H3,16,17). The van der Waals surface area contributed by atoms with Crippen LogP contribution in [0.4, 0.5) is 0 Å². The van der Waals surface area contributed by atoms with Crippen molar-refractivity contribution in [3.63, 3.8) is 0 Å². The zero-order valence-electron chi connectivity index (χ0n) is 10.7. The molecule has 0 fully saturated rings. The van der Waals surface area contributed by atoms with Gasteiger partial charge in [-0.15, -0.1) is 0 Å². The molecule has 0 atom stereocenters. The highest BCUT2D eigenvalue weighted by molar-refractivity contribution is 5.97. The zero-order chi connectivity index (χ0) is 13.5. The lowest BCUT2D eigenvalue weighted by Crippen LogP contribution is -2.13. The first kappa shape index (κ1) is 13.1. The van der Waals surface area contributed by atoms with E-state index in [1.165, 1.54) is 5.56 Å². The van der Waals surface area contributed by atoms with E-state index in [0.29, 0.717) is 17.9 Å². The van der Waals surface area contributed by atoms with E-state index < -0.39 is 0 Å². The fraction of sp³-hybridized carbons (Fsp3) is 0.200. The second kappa shape index (κ2) is 6.54. The Labute approximate surface area is 112 Å². The molecule has 0 aliphatic rings. The number of nitrogens with one attached hydrogen (secondary N) is 1. The molecule has 4 heteroatoms. The van der Waals surface area contributed by atoms with Gasteiger partial charge in [0, 0.05) is 6.20 Å². The molecule has 0 amide bonds. The van der Waals surface area contributed by atoms with Gasteiger partial charge in [0.05, 0.1) is 18.4 Å². The van der Waals surface area contributed by atoms with Crippen LogP contribution in [-0.2, 0) is 6.42 Å². The number of hydrogen-bond acceptors (Lipinski definition) is 3. The Morgan fingerprint density at radius 3 is 2.74 bits per heavy atom. The Hall–Kier alpha value is -2.36. The van der Waals surface area contributed by atoms with Crippen molar-refractivity contribution < 1.29 is 4.74 Å². The molecule has 0 aliphatic carbocycles. The van der Waals surface area contributed by atoms with Gasteiger partial charge in [0.15, 0.2) is 0 Å². The summed E-state index contributed by atoms with van der Waals surface area (Å²) in [5.74, 6) is 0.573. The molecule has 0 aliphatic heterocycles. The topological polar surface area (TPSA) is 72.0 Å². The van der Waals surface area contributed by atoms with E-state index in [9.17, 15) is 0 Å². The minimum Gasteiger partial charge on any atom is -0.491 e. The molecule has 98 valence electrons. The van der Waals surface area contributed by atoms with Crippen molar-refractivity contribution in [2.24, 2.45) is 5.73 Å². The van der Waals surface area contributed by atoms with E-state index in [1.807, 2.05) is 18.2 Å². The molecule has 0 unspecified atom stereocenters. The number of pyridine rings is 1. The maximum Gasteiger partial charge on any atom is 0.148 e. The Morgan fingerprint density at radius 2 is 2.00 bits per heavy atom. The smallest absolute Gasteiger partial charge is 0.148 e. The van der Waals surface area contributed by atoms with Crippen molar-refractivity contribution in [3.05, 3.63) is 59.9 Å². The zero-order valence-corrected chi connectivity index (χ0v) is 10.7. The van der Waals surface area contributed by atoms with Gasteiger partial charge in [0.25, 0.3) is 0 Å². The van der Waals surface area contributed by atoms with E-state index in [0.717, 1.165) is 12.8 Å². The molecule has 1 aromatic carbocycles. The van der Waals surface area contributed by atoms with Gasteiger partial charge in [0.1, 0.15) is 11.6 Å². The summed E-state index contributed by atoms with van der Waals surface area (Å²) in [6, 6.07) is 12.0. The number of nitrogens with zero attached hydrogens (tertiary/aromatic N) is 1. The Morgan fingerprint density at radius 1 is 1.21 bits per heavy atom. The van der Waals surface area contributed by atoms with Crippen molar-refractivity contribution >= 4 is 5.84 Å². The van der Waals surface area contributed by atoms with Gasteiger partial charge in [-0.3, -0.25) is 10.4 Å². The van der Waals surface area contributed by atoms with Crippen molar-refractivity contribution in [1.29, 1.82) is 5.41 Å². The average Bonchev–Trinajstić information content (AvgIpc) is 2.45. The van der Waals surface area contributed by atoms with E-state index in [-0.39, 0.29) is 5.84 Å². The number of amidine groups is 1. The predicted molar refractivity (Wildman–Crippen MR) is 75.5 cm³/mol. The number of nitrogens with two attached hydrogens (primary N) is 1. The molecule has 2 aromatic rings.